The number of halogens is 3. The normalized spacial score (nSPS) is 30.1. The summed E-state index contributed by atoms with van der Waals surface area (Å²) in [6, 6.07) is -1.89. The molecule has 2 atom stereocenters. The maximum Gasteiger partial charge on any atom is 0.404 e. The topological polar surface area (TPSA) is 49.3 Å². The molecule has 1 heterocycles. The van der Waals surface area contributed by atoms with Gasteiger partial charge in [-0.25, -0.2) is 0 Å². The lowest BCUT2D eigenvalue weighted by Crippen LogP contribution is -2.53. The molecule has 0 aromatic heterocycles. The molecule has 0 unspecified atom stereocenters. The van der Waals surface area contributed by atoms with Gasteiger partial charge in [0.2, 0.25) is 0 Å². The molecule has 6 heteroatoms. The van der Waals surface area contributed by atoms with Crippen LogP contribution in [-0.2, 0) is 4.79 Å². The van der Waals surface area contributed by atoms with E-state index in [-0.39, 0.29) is 13.0 Å². The third kappa shape index (κ3) is 2.33. The van der Waals surface area contributed by atoms with E-state index in [9.17, 15) is 18.0 Å². The fourth-order valence-electron chi connectivity index (χ4n) is 1.50. The van der Waals surface area contributed by atoms with Crippen LogP contribution in [0.2, 0.25) is 0 Å². The molecule has 1 saturated heterocycles. The zero-order valence-electron chi connectivity index (χ0n) is 6.77. The Morgan fingerprint density at radius 1 is 1.46 bits per heavy atom. The third-order valence-corrected chi connectivity index (χ3v) is 2.13. The molecular formula is C7H10F3NO2. The van der Waals surface area contributed by atoms with Gasteiger partial charge in [0.25, 0.3) is 0 Å². The van der Waals surface area contributed by atoms with Crippen molar-refractivity contribution in [2.75, 3.05) is 6.54 Å². The van der Waals surface area contributed by atoms with Crippen LogP contribution >= 0.6 is 0 Å². The summed E-state index contributed by atoms with van der Waals surface area (Å²) in [5.74, 6) is -2.72. The molecule has 0 aromatic rings. The summed E-state index contributed by atoms with van der Waals surface area (Å²) in [5.41, 5.74) is 0. The Kier molecular flexibility index (Phi) is 2.80. The van der Waals surface area contributed by atoms with Crippen molar-refractivity contribution >= 4 is 5.97 Å². The number of carboxylic acids is 1. The lowest BCUT2D eigenvalue weighted by Gasteiger charge is -2.31. The molecule has 0 radical (unpaired) electrons. The highest BCUT2D eigenvalue weighted by Gasteiger charge is 2.48. The van der Waals surface area contributed by atoms with E-state index in [2.05, 4.69) is 5.32 Å². The van der Waals surface area contributed by atoms with Crippen LogP contribution in [-0.4, -0.2) is 29.8 Å². The van der Waals surface area contributed by atoms with Crippen molar-refractivity contribution in [3.05, 3.63) is 0 Å². The largest absolute Gasteiger partial charge is 0.481 e. The van der Waals surface area contributed by atoms with Gasteiger partial charge in [0.1, 0.15) is 6.04 Å². The first-order valence-electron chi connectivity index (χ1n) is 3.96. The van der Waals surface area contributed by atoms with Gasteiger partial charge in [0.05, 0.1) is 5.92 Å². The van der Waals surface area contributed by atoms with E-state index in [0.717, 1.165) is 0 Å². The molecule has 0 saturated carbocycles. The molecular weight excluding hydrogens is 187 g/mol. The highest BCUT2D eigenvalue weighted by Crippen LogP contribution is 2.30. The maximum absolute atomic E-state index is 12.2. The van der Waals surface area contributed by atoms with Crippen LogP contribution in [0.5, 0.6) is 0 Å². The summed E-state index contributed by atoms with van der Waals surface area (Å²) < 4.78 is 36.7. The predicted octanol–water partition coefficient (Wildman–Crippen LogP) is 1.00. The Labute approximate surface area is 72.9 Å². The Morgan fingerprint density at radius 3 is 2.46 bits per heavy atom. The van der Waals surface area contributed by atoms with Crippen LogP contribution in [0.4, 0.5) is 13.2 Å². The van der Waals surface area contributed by atoms with Gasteiger partial charge in [-0.05, 0) is 19.4 Å². The number of hydrogen-bond donors (Lipinski definition) is 2. The van der Waals surface area contributed by atoms with Gasteiger partial charge in [-0.15, -0.1) is 0 Å². The number of aliphatic carboxylic acids is 1. The van der Waals surface area contributed by atoms with Crippen molar-refractivity contribution < 1.29 is 23.1 Å². The minimum absolute atomic E-state index is 0.0898. The zero-order valence-corrected chi connectivity index (χ0v) is 6.77. The molecule has 0 aromatic carbocycles. The Hall–Kier alpha value is -0.780. The van der Waals surface area contributed by atoms with Crippen LogP contribution < -0.4 is 5.32 Å². The van der Waals surface area contributed by atoms with E-state index in [1.165, 1.54) is 0 Å². The Bertz CT molecular complexity index is 204. The fraction of sp³-hybridized carbons (Fsp3) is 0.857. The molecule has 1 rings (SSSR count). The molecule has 0 amide bonds. The smallest absolute Gasteiger partial charge is 0.404 e. The van der Waals surface area contributed by atoms with Gasteiger partial charge in [-0.1, -0.05) is 0 Å². The van der Waals surface area contributed by atoms with Gasteiger partial charge in [-0.2, -0.15) is 13.2 Å². The van der Waals surface area contributed by atoms with E-state index in [1.54, 1.807) is 0 Å². The predicted molar refractivity (Wildman–Crippen MR) is 38.2 cm³/mol. The minimum Gasteiger partial charge on any atom is -0.481 e. The number of carboxylic acid groups (broad SMARTS) is 1. The average Bonchev–Trinajstić information content (AvgIpc) is 2.03. The SMILES string of the molecule is O=C(O)[C@H]1CCCN[C@@H]1C(F)(F)F. The summed E-state index contributed by atoms with van der Waals surface area (Å²) in [6.45, 7) is 0.230. The van der Waals surface area contributed by atoms with Crippen LogP contribution in [0.1, 0.15) is 12.8 Å². The van der Waals surface area contributed by atoms with E-state index < -0.39 is 24.1 Å². The van der Waals surface area contributed by atoms with E-state index in [4.69, 9.17) is 5.11 Å². The monoisotopic (exact) mass is 197 g/mol. The molecule has 1 fully saturated rings. The molecule has 13 heavy (non-hydrogen) atoms. The molecule has 3 nitrogen and oxygen atoms in total. The highest BCUT2D eigenvalue weighted by molar-refractivity contribution is 5.71. The van der Waals surface area contributed by atoms with Crippen molar-refractivity contribution in [3.63, 3.8) is 0 Å². The quantitative estimate of drug-likeness (QED) is 0.659. The minimum atomic E-state index is -4.47. The highest BCUT2D eigenvalue weighted by atomic mass is 19.4. The number of rotatable bonds is 1. The van der Waals surface area contributed by atoms with Crippen LogP contribution in [0.15, 0.2) is 0 Å². The standard InChI is InChI=1S/C7H10F3NO2/c8-7(9,10)5-4(6(12)13)2-1-3-11-5/h4-5,11H,1-3H2,(H,12,13)/t4-,5-/m0/s1. The Balaban J connectivity index is 2.73. The van der Waals surface area contributed by atoms with Crippen LogP contribution in [0.25, 0.3) is 0 Å². The zero-order chi connectivity index (χ0) is 10.1. The second-order valence-corrected chi connectivity index (χ2v) is 3.06. The number of nitrogens with one attached hydrogen (secondary N) is 1. The summed E-state index contributed by atoms with van der Waals surface area (Å²) in [5, 5.41) is 10.7. The second kappa shape index (κ2) is 3.53. The number of alkyl halides is 3. The van der Waals surface area contributed by atoms with E-state index in [0.29, 0.717) is 6.42 Å². The molecule has 1 aliphatic heterocycles. The second-order valence-electron chi connectivity index (χ2n) is 3.06. The molecule has 0 spiro atoms. The average molecular weight is 197 g/mol. The van der Waals surface area contributed by atoms with Crippen molar-refractivity contribution in [1.82, 2.24) is 5.32 Å². The molecule has 0 bridgehead atoms. The third-order valence-electron chi connectivity index (χ3n) is 2.13. The fourth-order valence-corrected chi connectivity index (χ4v) is 1.50. The van der Waals surface area contributed by atoms with Gasteiger partial charge < -0.3 is 10.4 Å². The van der Waals surface area contributed by atoms with Crippen molar-refractivity contribution in [1.29, 1.82) is 0 Å². The van der Waals surface area contributed by atoms with Crippen molar-refractivity contribution in [3.8, 4) is 0 Å². The summed E-state index contributed by atoms with van der Waals surface area (Å²) >= 11 is 0. The first kappa shape index (κ1) is 10.3. The van der Waals surface area contributed by atoms with Gasteiger partial charge in [0, 0.05) is 0 Å². The Morgan fingerprint density at radius 2 is 2.08 bits per heavy atom. The number of hydrogen-bond acceptors (Lipinski definition) is 2. The molecule has 0 aliphatic carbocycles. The molecule has 1 aliphatic rings. The van der Waals surface area contributed by atoms with E-state index in [1.807, 2.05) is 0 Å². The summed E-state index contributed by atoms with van der Waals surface area (Å²) in [6.07, 6.45) is -3.90. The van der Waals surface area contributed by atoms with Gasteiger partial charge in [0.15, 0.2) is 0 Å². The lowest BCUT2D eigenvalue weighted by atomic mass is 9.90. The van der Waals surface area contributed by atoms with Crippen molar-refractivity contribution in [2.24, 2.45) is 5.92 Å². The molecule has 76 valence electrons. The summed E-state index contributed by atoms with van der Waals surface area (Å²) in [7, 11) is 0. The molecule has 2 N–H and O–H groups in total. The number of carbonyl (C=O) groups is 1. The van der Waals surface area contributed by atoms with Crippen LogP contribution in [0, 0.1) is 5.92 Å². The van der Waals surface area contributed by atoms with Crippen molar-refractivity contribution in [2.45, 2.75) is 25.1 Å². The first-order valence-corrected chi connectivity index (χ1v) is 3.96. The van der Waals surface area contributed by atoms with E-state index >= 15 is 0 Å². The summed E-state index contributed by atoms with van der Waals surface area (Å²) in [4.78, 5) is 10.5. The van der Waals surface area contributed by atoms with Crippen LogP contribution in [0.3, 0.4) is 0 Å². The lowest BCUT2D eigenvalue weighted by molar-refractivity contribution is -0.183. The van der Waals surface area contributed by atoms with Gasteiger partial charge >= 0.3 is 12.1 Å². The number of piperidine rings is 1. The van der Waals surface area contributed by atoms with Gasteiger partial charge in [-0.3, -0.25) is 4.79 Å². The first-order chi connectivity index (χ1) is 5.93. The maximum atomic E-state index is 12.2.